The zero-order chi connectivity index (χ0) is 29.7. The molecular formula is C31H51NO7. The van der Waals surface area contributed by atoms with Crippen LogP contribution in [0.25, 0.3) is 0 Å². The summed E-state index contributed by atoms with van der Waals surface area (Å²) in [6, 6.07) is 0. The van der Waals surface area contributed by atoms with Crippen LogP contribution in [0.1, 0.15) is 67.2 Å². The third-order valence-corrected chi connectivity index (χ3v) is 7.93. The lowest BCUT2D eigenvalue weighted by Crippen LogP contribution is -2.46. The molecule has 5 N–H and O–H groups in total. The molecule has 0 aromatic heterocycles. The topological polar surface area (TPSA) is 139 Å². The second-order valence-electron chi connectivity index (χ2n) is 11.1. The summed E-state index contributed by atoms with van der Waals surface area (Å²) in [4.78, 5) is 23.3. The first-order chi connectivity index (χ1) is 18.3. The van der Waals surface area contributed by atoms with E-state index in [1.165, 1.54) is 0 Å². The first-order valence-electron chi connectivity index (χ1n) is 14.1. The van der Waals surface area contributed by atoms with Gasteiger partial charge in [-0.15, -0.1) is 0 Å². The van der Waals surface area contributed by atoms with E-state index in [0.717, 1.165) is 0 Å². The highest BCUT2D eigenvalue weighted by Gasteiger charge is 2.39. The van der Waals surface area contributed by atoms with Crippen LogP contribution in [0.4, 0.5) is 4.79 Å². The predicted molar refractivity (Wildman–Crippen MR) is 153 cm³/mol. The van der Waals surface area contributed by atoms with E-state index in [1.807, 2.05) is 65.0 Å². The van der Waals surface area contributed by atoms with Crippen LogP contribution in [-0.2, 0) is 14.3 Å². The molecule has 8 heteroatoms. The van der Waals surface area contributed by atoms with Gasteiger partial charge in [-0.25, -0.2) is 4.79 Å². The fraction of sp³-hybridized carbons (Fsp3) is 0.677. The van der Waals surface area contributed by atoms with E-state index >= 15 is 0 Å². The van der Waals surface area contributed by atoms with Crippen molar-refractivity contribution in [2.24, 2.45) is 41.2 Å². The Hall–Kier alpha value is -2.42. The van der Waals surface area contributed by atoms with Gasteiger partial charge in [-0.2, -0.15) is 0 Å². The Labute approximate surface area is 234 Å². The van der Waals surface area contributed by atoms with Crippen LogP contribution in [0, 0.1) is 35.5 Å². The number of esters is 1. The summed E-state index contributed by atoms with van der Waals surface area (Å²) < 4.78 is 10.8. The number of aliphatic hydroxyl groups is 3. The molecule has 8 nitrogen and oxygen atoms in total. The molecule has 11 atom stereocenters. The van der Waals surface area contributed by atoms with Crippen molar-refractivity contribution in [1.82, 2.24) is 0 Å². The van der Waals surface area contributed by atoms with E-state index in [2.05, 4.69) is 6.58 Å². The molecule has 1 aliphatic heterocycles. The number of carbonyl (C=O) groups excluding carboxylic acids is 2. The van der Waals surface area contributed by atoms with Gasteiger partial charge in [0.25, 0.3) is 0 Å². The van der Waals surface area contributed by atoms with Crippen LogP contribution in [0.15, 0.2) is 49.1 Å². The zero-order valence-corrected chi connectivity index (χ0v) is 24.5. The van der Waals surface area contributed by atoms with E-state index in [4.69, 9.17) is 15.2 Å². The molecule has 1 amide bonds. The second kappa shape index (κ2) is 17.3. The van der Waals surface area contributed by atoms with Crippen molar-refractivity contribution in [2.75, 3.05) is 0 Å². The maximum absolute atomic E-state index is 11.9. The molecule has 39 heavy (non-hydrogen) atoms. The van der Waals surface area contributed by atoms with E-state index in [-0.39, 0.29) is 41.7 Å². The Morgan fingerprint density at radius 2 is 1.64 bits per heavy atom. The standard InChI is InChI=1S/C31H51NO7/c1-8-9-14-21(4)29(39-31(32)37)22(5)25(33)17-12-10-15-19(2)27(34)20(3)16-11-13-18-26-23(6)28(35)24(7)30(36)38-26/h8-11,14-16,19-29,33-35H,1,12-13,17-18H2,2-7H3,(H2,32,37)/t19-,20-,21-,22-,23?,24?,25+,26?,27+,28?,29-/m0/s1. The van der Waals surface area contributed by atoms with Crippen molar-refractivity contribution in [3.63, 3.8) is 0 Å². The summed E-state index contributed by atoms with van der Waals surface area (Å²) in [5.74, 6) is -1.60. The quantitative estimate of drug-likeness (QED) is 0.124. The molecule has 4 unspecified atom stereocenters. The minimum atomic E-state index is -0.871. The molecule has 222 valence electrons. The van der Waals surface area contributed by atoms with E-state index in [0.29, 0.717) is 25.7 Å². The highest BCUT2D eigenvalue weighted by atomic mass is 16.6. The Kier molecular flexibility index (Phi) is 15.4. The Morgan fingerprint density at radius 3 is 2.21 bits per heavy atom. The fourth-order valence-corrected chi connectivity index (χ4v) is 5.03. The zero-order valence-electron chi connectivity index (χ0n) is 24.5. The van der Waals surface area contributed by atoms with Gasteiger partial charge in [-0.3, -0.25) is 4.79 Å². The maximum atomic E-state index is 11.9. The lowest BCUT2D eigenvalue weighted by atomic mass is 9.84. The number of nitrogens with two attached hydrogens (primary N) is 1. The summed E-state index contributed by atoms with van der Waals surface area (Å²) in [5, 5.41) is 31.7. The summed E-state index contributed by atoms with van der Waals surface area (Å²) in [7, 11) is 0. The largest absolute Gasteiger partial charge is 0.462 e. The highest BCUT2D eigenvalue weighted by molar-refractivity contribution is 5.73. The van der Waals surface area contributed by atoms with Gasteiger partial charge in [0.15, 0.2) is 0 Å². The number of hydrogen-bond donors (Lipinski definition) is 4. The highest BCUT2D eigenvalue weighted by Crippen LogP contribution is 2.29. The number of allylic oxidation sites excluding steroid dienone is 4. The average molecular weight is 550 g/mol. The van der Waals surface area contributed by atoms with Gasteiger partial charge in [0.2, 0.25) is 0 Å². The molecule has 1 saturated heterocycles. The van der Waals surface area contributed by atoms with Gasteiger partial charge in [-0.05, 0) is 32.6 Å². The number of carbonyl (C=O) groups is 2. The number of hydrogen-bond acceptors (Lipinski definition) is 7. The van der Waals surface area contributed by atoms with Gasteiger partial charge in [-0.1, -0.05) is 83.7 Å². The van der Waals surface area contributed by atoms with Gasteiger partial charge in [0, 0.05) is 29.6 Å². The minimum Gasteiger partial charge on any atom is -0.462 e. The third-order valence-electron chi connectivity index (χ3n) is 7.93. The van der Waals surface area contributed by atoms with E-state index in [1.54, 1.807) is 19.1 Å². The van der Waals surface area contributed by atoms with Crippen LogP contribution >= 0.6 is 0 Å². The average Bonchev–Trinajstić information content (AvgIpc) is 2.90. The number of primary amides is 1. The smallest absolute Gasteiger partial charge is 0.404 e. The van der Waals surface area contributed by atoms with Crippen LogP contribution in [0.3, 0.4) is 0 Å². The Morgan fingerprint density at radius 1 is 1.05 bits per heavy atom. The summed E-state index contributed by atoms with van der Waals surface area (Å²) in [6.45, 7) is 14.9. The number of cyclic esters (lactones) is 1. The first-order valence-corrected chi connectivity index (χ1v) is 14.1. The minimum absolute atomic E-state index is 0.0796. The molecule has 1 aliphatic rings. The normalized spacial score (nSPS) is 27.6. The lowest BCUT2D eigenvalue weighted by molar-refractivity contribution is -0.177. The molecule has 1 heterocycles. The molecule has 0 aromatic rings. The first kappa shape index (κ1) is 34.6. The van der Waals surface area contributed by atoms with Gasteiger partial charge in [0.1, 0.15) is 12.2 Å². The van der Waals surface area contributed by atoms with Crippen LogP contribution in [0.5, 0.6) is 0 Å². The summed E-state index contributed by atoms with van der Waals surface area (Å²) >= 11 is 0. The maximum Gasteiger partial charge on any atom is 0.404 e. The Bertz CT molecular complexity index is 854. The van der Waals surface area contributed by atoms with Gasteiger partial charge < -0.3 is 30.5 Å². The van der Waals surface area contributed by atoms with Crippen molar-refractivity contribution < 1.29 is 34.4 Å². The molecule has 0 saturated carbocycles. The number of ether oxygens (including phenoxy) is 2. The van der Waals surface area contributed by atoms with Crippen LogP contribution in [-0.4, -0.2) is 57.9 Å². The monoisotopic (exact) mass is 549 g/mol. The van der Waals surface area contributed by atoms with Crippen molar-refractivity contribution in [2.45, 2.75) is 97.7 Å². The molecule has 1 rings (SSSR count). The predicted octanol–water partition coefficient (Wildman–Crippen LogP) is 4.69. The third kappa shape index (κ3) is 11.3. The number of amides is 1. The number of aliphatic hydroxyl groups excluding tert-OH is 3. The molecule has 1 fully saturated rings. The van der Waals surface area contributed by atoms with Gasteiger partial charge >= 0.3 is 12.1 Å². The molecule has 0 spiro atoms. The van der Waals surface area contributed by atoms with Crippen molar-refractivity contribution >= 4 is 12.1 Å². The van der Waals surface area contributed by atoms with Crippen LogP contribution < -0.4 is 5.73 Å². The van der Waals surface area contributed by atoms with Crippen molar-refractivity contribution in [3.8, 4) is 0 Å². The SMILES string of the molecule is C=CC=C[C@H](C)[C@H](OC(N)=O)[C@@H](C)[C@H](O)CCC=C[C@H](C)[C@@H](O)[C@@H](C)C=CCCC1OC(=O)C(C)C(O)C1C. The number of rotatable bonds is 16. The fourth-order valence-electron chi connectivity index (χ4n) is 5.03. The second-order valence-corrected chi connectivity index (χ2v) is 11.1. The van der Waals surface area contributed by atoms with Crippen molar-refractivity contribution in [1.29, 1.82) is 0 Å². The molecule has 0 radical (unpaired) electrons. The van der Waals surface area contributed by atoms with E-state index in [9.17, 15) is 24.9 Å². The van der Waals surface area contributed by atoms with Gasteiger partial charge in [0.05, 0.1) is 24.2 Å². The van der Waals surface area contributed by atoms with E-state index < -0.39 is 36.4 Å². The molecule has 0 aliphatic carbocycles. The molecule has 0 bridgehead atoms. The Balaban J connectivity index is 2.52. The molecule has 0 aromatic carbocycles. The molecular weight excluding hydrogens is 498 g/mol. The van der Waals surface area contributed by atoms with Crippen molar-refractivity contribution in [3.05, 3.63) is 49.1 Å². The van der Waals surface area contributed by atoms with Crippen LogP contribution in [0.2, 0.25) is 0 Å². The lowest BCUT2D eigenvalue weighted by Gasteiger charge is -2.36. The summed E-state index contributed by atoms with van der Waals surface area (Å²) in [5.41, 5.74) is 5.24. The summed E-state index contributed by atoms with van der Waals surface area (Å²) in [6.07, 6.45) is 11.8.